The molecule has 102 valence electrons. The Hall–Kier alpha value is 0.0300. The minimum absolute atomic E-state index is 0.122. The Morgan fingerprint density at radius 1 is 1.17 bits per heavy atom. The molecule has 0 spiro atoms. The summed E-state index contributed by atoms with van der Waals surface area (Å²) in [5.74, 6) is 0. The Morgan fingerprint density at radius 2 is 1.61 bits per heavy atom. The molecule has 0 N–H and O–H groups in total. The average Bonchev–Trinajstić information content (AvgIpc) is 2.14. The van der Waals surface area contributed by atoms with Crippen LogP contribution in [0.4, 0.5) is 13.2 Å². The van der Waals surface area contributed by atoms with Crippen molar-refractivity contribution in [3.8, 4) is 0 Å². The first kappa shape index (κ1) is 16.1. The summed E-state index contributed by atoms with van der Waals surface area (Å²) in [7, 11) is 1.00. The fraction of sp³-hybridized carbons (Fsp3) is 0.455. The zero-order chi connectivity index (χ0) is 14.1. The lowest BCUT2D eigenvalue weighted by Crippen LogP contribution is -2.50. The maximum atomic E-state index is 13.3. The summed E-state index contributed by atoms with van der Waals surface area (Å²) in [5, 5.41) is 0.243. The lowest BCUT2D eigenvalue weighted by molar-refractivity contribution is -0.274. The van der Waals surface area contributed by atoms with Gasteiger partial charge in [-0.2, -0.15) is 13.2 Å². The van der Waals surface area contributed by atoms with Crippen molar-refractivity contribution in [1.82, 2.24) is 0 Å². The van der Waals surface area contributed by atoms with Gasteiger partial charge in [-0.05, 0) is 30.7 Å². The molecule has 0 aliphatic rings. The highest BCUT2D eigenvalue weighted by molar-refractivity contribution is 9.09. The molecule has 1 aromatic carbocycles. The minimum Gasteiger partial charge on any atom is -0.363 e. The third-order valence-corrected chi connectivity index (χ3v) is 3.68. The van der Waals surface area contributed by atoms with Crippen LogP contribution in [0.5, 0.6) is 0 Å². The van der Waals surface area contributed by atoms with Crippen molar-refractivity contribution in [1.29, 1.82) is 0 Å². The van der Waals surface area contributed by atoms with Gasteiger partial charge in [-0.1, -0.05) is 39.1 Å². The van der Waals surface area contributed by atoms with E-state index >= 15 is 0 Å². The molecule has 0 aromatic heterocycles. The van der Waals surface area contributed by atoms with Crippen molar-refractivity contribution in [2.45, 2.75) is 23.5 Å². The molecule has 2 unspecified atom stereocenters. The van der Waals surface area contributed by atoms with E-state index in [1.807, 2.05) is 0 Å². The number of benzene rings is 1. The summed E-state index contributed by atoms with van der Waals surface area (Å²) in [6.07, 6.45) is -4.61. The molecule has 1 aromatic rings. The van der Waals surface area contributed by atoms with E-state index in [0.717, 1.165) is 7.11 Å². The molecule has 0 radical (unpaired) electrons. The highest BCUT2D eigenvalue weighted by atomic mass is 79.9. The molecule has 18 heavy (non-hydrogen) atoms. The molecule has 0 amide bonds. The van der Waals surface area contributed by atoms with E-state index in [4.69, 9.17) is 27.9 Å². The average molecular weight is 366 g/mol. The van der Waals surface area contributed by atoms with Crippen LogP contribution >= 0.6 is 39.1 Å². The van der Waals surface area contributed by atoms with Gasteiger partial charge in [0.1, 0.15) is 0 Å². The van der Waals surface area contributed by atoms with Gasteiger partial charge in [-0.25, -0.2) is 0 Å². The van der Waals surface area contributed by atoms with Crippen LogP contribution in [0.2, 0.25) is 10.0 Å². The molecule has 0 aliphatic carbocycles. The lowest BCUT2D eigenvalue weighted by Gasteiger charge is -2.37. The van der Waals surface area contributed by atoms with Crippen molar-refractivity contribution in [2.24, 2.45) is 0 Å². The molecule has 0 saturated carbocycles. The second-order valence-corrected chi connectivity index (χ2v) is 5.96. The zero-order valence-corrected chi connectivity index (χ0v) is 12.6. The van der Waals surface area contributed by atoms with Crippen LogP contribution in [0.3, 0.4) is 0 Å². The molecular weight excluding hydrogens is 356 g/mol. The van der Waals surface area contributed by atoms with Gasteiger partial charge in [0.05, 0.1) is 4.83 Å². The van der Waals surface area contributed by atoms with Crippen LogP contribution in [-0.4, -0.2) is 18.1 Å². The minimum atomic E-state index is -4.61. The van der Waals surface area contributed by atoms with Gasteiger partial charge in [0.15, 0.2) is 0 Å². The molecular formula is C11H10BrCl2F3O. The van der Waals surface area contributed by atoms with E-state index in [-0.39, 0.29) is 15.6 Å². The van der Waals surface area contributed by atoms with Gasteiger partial charge in [0.25, 0.3) is 0 Å². The number of hydrogen-bond acceptors (Lipinski definition) is 1. The van der Waals surface area contributed by atoms with Gasteiger partial charge >= 0.3 is 6.18 Å². The van der Waals surface area contributed by atoms with Gasteiger partial charge in [0.2, 0.25) is 5.60 Å². The molecule has 0 fully saturated rings. The molecule has 1 rings (SSSR count). The first-order chi connectivity index (χ1) is 8.15. The Kier molecular flexibility index (Phi) is 4.98. The monoisotopic (exact) mass is 364 g/mol. The fourth-order valence-electron chi connectivity index (χ4n) is 1.78. The topological polar surface area (TPSA) is 9.23 Å². The zero-order valence-electron chi connectivity index (χ0n) is 9.49. The Labute approximate surface area is 121 Å². The Bertz CT molecular complexity index is 417. The maximum absolute atomic E-state index is 13.3. The third kappa shape index (κ3) is 2.79. The van der Waals surface area contributed by atoms with Crippen molar-refractivity contribution in [3.05, 3.63) is 33.8 Å². The second kappa shape index (κ2) is 5.57. The summed E-state index contributed by atoms with van der Waals surface area (Å²) < 4.78 is 44.8. The number of hydrogen-bond donors (Lipinski definition) is 0. The summed E-state index contributed by atoms with van der Waals surface area (Å²) in [6, 6.07) is 3.76. The summed E-state index contributed by atoms with van der Waals surface area (Å²) in [6.45, 7) is 1.35. The van der Waals surface area contributed by atoms with Crippen LogP contribution in [0.25, 0.3) is 0 Å². The number of methoxy groups -OCH3 is 1. The van der Waals surface area contributed by atoms with Crippen molar-refractivity contribution in [3.63, 3.8) is 0 Å². The second-order valence-electron chi connectivity index (χ2n) is 3.71. The number of halogens is 6. The maximum Gasteiger partial charge on any atom is 0.422 e. The van der Waals surface area contributed by atoms with E-state index < -0.39 is 16.6 Å². The van der Waals surface area contributed by atoms with Crippen LogP contribution < -0.4 is 0 Å². The molecule has 0 saturated heterocycles. The normalized spacial score (nSPS) is 17.3. The molecule has 7 heteroatoms. The van der Waals surface area contributed by atoms with Crippen molar-refractivity contribution in [2.75, 3.05) is 7.11 Å². The largest absolute Gasteiger partial charge is 0.422 e. The van der Waals surface area contributed by atoms with Crippen molar-refractivity contribution < 1.29 is 17.9 Å². The summed E-state index contributed by atoms with van der Waals surface area (Å²) >= 11 is 14.4. The molecule has 0 heterocycles. The van der Waals surface area contributed by atoms with Crippen LogP contribution in [0.15, 0.2) is 18.2 Å². The fourth-order valence-corrected chi connectivity index (χ4v) is 3.02. The number of rotatable bonds is 3. The first-order valence-corrected chi connectivity index (χ1v) is 6.55. The predicted octanol–water partition coefficient (Wildman–Crippen LogP) is 5.18. The number of alkyl halides is 4. The van der Waals surface area contributed by atoms with Crippen molar-refractivity contribution >= 4 is 39.1 Å². The molecule has 1 nitrogen and oxygen atoms in total. The van der Waals surface area contributed by atoms with Gasteiger partial charge < -0.3 is 4.74 Å². The standard InChI is InChI=1S/C11H10BrCl2F3O/c1-6(12)10(18-2,11(15,16)17)7-3-8(13)5-9(14)4-7/h3-6H,1-2H3. The van der Waals surface area contributed by atoms with Crippen LogP contribution in [0, 0.1) is 0 Å². The lowest BCUT2D eigenvalue weighted by atomic mass is 9.90. The smallest absolute Gasteiger partial charge is 0.363 e. The summed E-state index contributed by atoms with van der Waals surface area (Å²) in [4.78, 5) is -1.01. The predicted molar refractivity (Wildman–Crippen MR) is 69.6 cm³/mol. The van der Waals surface area contributed by atoms with Crippen LogP contribution in [-0.2, 0) is 10.3 Å². The Morgan fingerprint density at radius 3 is 1.89 bits per heavy atom. The van der Waals surface area contributed by atoms with E-state index in [0.29, 0.717) is 0 Å². The first-order valence-electron chi connectivity index (χ1n) is 4.87. The molecule has 2 atom stereocenters. The number of ether oxygens (including phenoxy) is 1. The summed E-state index contributed by atoms with van der Waals surface area (Å²) in [5.41, 5.74) is -2.64. The van der Waals surface area contributed by atoms with Gasteiger partial charge in [0, 0.05) is 17.2 Å². The Balaban J connectivity index is 3.52. The van der Waals surface area contributed by atoms with E-state index in [1.165, 1.54) is 25.1 Å². The molecule has 0 aliphatic heterocycles. The quantitative estimate of drug-likeness (QED) is 0.670. The van der Waals surface area contributed by atoms with E-state index in [2.05, 4.69) is 15.9 Å². The van der Waals surface area contributed by atoms with E-state index in [1.54, 1.807) is 0 Å². The van der Waals surface area contributed by atoms with E-state index in [9.17, 15) is 13.2 Å². The SMILES string of the molecule is COC(c1cc(Cl)cc(Cl)c1)(C(C)Br)C(F)(F)F. The highest BCUT2D eigenvalue weighted by Gasteiger charge is 2.59. The molecule has 0 bridgehead atoms. The highest BCUT2D eigenvalue weighted by Crippen LogP contribution is 2.47. The van der Waals surface area contributed by atoms with Gasteiger partial charge in [-0.15, -0.1) is 0 Å². The third-order valence-electron chi connectivity index (χ3n) is 2.59. The van der Waals surface area contributed by atoms with Gasteiger partial charge in [-0.3, -0.25) is 0 Å². The van der Waals surface area contributed by atoms with Crippen LogP contribution in [0.1, 0.15) is 12.5 Å².